The number of hydrogen-bond acceptors (Lipinski definition) is 5. The van der Waals surface area contributed by atoms with Gasteiger partial charge in [-0.2, -0.15) is 13.2 Å². The average molecular weight is 444 g/mol. The molecule has 0 saturated carbocycles. The van der Waals surface area contributed by atoms with Gasteiger partial charge in [-0.15, -0.1) is 0 Å². The fraction of sp³-hybridized carbons (Fsp3) is 0.136. The highest BCUT2D eigenvalue weighted by Gasteiger charge is 2.38. The first-order valence-electron chi connectivity index (χ1n) is 9.31. The summed E-state index contributed by atoms with van der Waals surface area (Å²) in [7, 11) is 0. The van der Waals surface area contributed by atoms with Crippen LogP contribution in [0.4, 0.5) is 19.0 Å². The molecule has 32 heavy (non-hydrogen) atoms. The molecule has 0 amide bonds. The maximum absolute atomic E-state index is 10.6. The van der Waals surface area contributed by atoms with E-state index in [0.717, 1.165) is 33.3 Å². The van der Waals surface area contributed by atoms with E-state index in [2.05, 4.69) is 21.0 Å². The highest BCUT2D eigenvalue weighted by molar-refractivity contribution is 5.83. The van der Waals surface area contributed by atoms with E-state index in [9.17, 15) is 18.3 Å². The number of aromatic amines is 1. The molecular formula is C22H19F3N4O3. The molecule has 0 unspecified atom stereocenters. The van der Waals surface area contributed by atoms with E-state index in [1.54, 1.807) is 6.20 Å². The van der Waals surface area contributed by atoms with Crippen molar-refractivity contribution in [3.05, 3.63) is 65.9 Å². The van der Waals surface area contributed by atoms with Gasteiger partial charge in [0.25, 0.3) is 0 Å². The summed E-state index contributed by atoms with van der Waals surface area (Å²) in [4.78, 5) is 21.2. The number of nitrogens with two attached hydrogens (primary N) is 1. The summed E-state index contributed by atoms with van der Waals surface area (Å²) in [5.74, 6) is -1.61. The molecule has 2 aromatic heterocycles. The molecule has 2 aromatic carbocycles. The van der Waals surface area contributed by atoms with Crippen LogP contribution in [0.15, 0.2) is 54.7 Å². The molecule has 5 N–H and O–H groups in total. The smallest absolute Gasteiger partial charge is 0.475 e. The van der Waals surface area contributed by atoms with Crippen LogP contribution >= 0.6 is 0 Å². The molecule has 0 spiro atoms. The molecule has 0 radical (unpaired) electrons. The number of imidazole rings is 1. The molecule has 0 atom stereocenters. The number of benzene rings is 2. The Hall–Kier alpha value is -3.92. The maximum atomic E-state index is 10.6. The number of halogens is 3. The zero-order chi connectivity index (χ0) is 23.5. The van der Waals surface area contributed by atoms with Gasteiger partial charge < -0.3 is 20.9 Å². The van der Waals surface area contributed by atoms with Gasteiger partial charge in [0.1, 0.15) is 11.6 Å². The number of aliphatic carboxylic acids is 1. The van der Waals surface area contributed by atoms with Crippen LogP contribution < -0.4 is 5.73 Å². The van der Waals surface area contributed by atoms with Crippen molar-refractivity contribution in [2.24, 2.45) is 0 Å². The molecule has 10 heteroatoms. The summed E-state index contributed by atoms with van der Waals surface area (Å²) in [6.07, 6.45) is -3.33. The Morgan fingerprint density at radius 2 is 1.75 bits per heavy atom. The van der Waals surface area contributed by atoms with Crippen LogP contribution in [-0.4, -0.2) is 37.3 Å². The summed E-state index contributed by atoms with van der Waals surface area (Å²) in [6.45, 7) is 2.08. The highest BCUT2D eigenvalue weighted by Crippen LogP contribution is 2.29. The number of carbonyl (C=O) groups is 1. The Kier molecular flexibility index (Phi) is 6.45. The SMILES string of the molecule is Cc1ccc2nc(-c3cc(-c4ccc(CO)cc4)cnc3N)[nH]c2c1.O=C(O)C(F)(F)F. The van der Waals surface area contributed by atoms with Gasteiger partial charge in [0.05, 0.1) is 23.2 Å². The zero-order valence-electron chi connectivity index (χ0n) is 16.8. The molecule has 0 saturated heterocycles. The number of anilines is 1. The second kappa shape index (κ2) is 9.06. The molecule has 7 nitrogen and oxygen atoms in total. The Balaban J connectivity index is 0.000000360. The van der Waals surface area contributed by atoms with Crippen molar-refractivity contribution in [3.63, 3.8) is 0 Å². The summed E-state index contributed by atoms with van der Waals surface area (Å²) in [5.41, 5.74) is 12.8. The summed E-state index contributed by atoms with van der Waals surface area (Å²) < 4.78 is 31.7. The molecule has 4 rings (SSSR count). The monoisotopic (exact) mass is 444 g/mol. The van der Waals surface area contributed by atoms with Crippen molar-refractivity contribution in [2.45, 2.75) is 19.7 Å². The molecule has 0 fully saturated rings. The van der Waals surface area contributed by atoms with Gasteiger partial charge in [-0.3, -0.25) is 0 Å². The van der Waals surface area contributed by atoms with Crippen molar-refractivity contribution in [1.82, 2.24) is 15.0 Å². The Labute approximate surface area is 180 Å². The van der Waals surface area contributed by atoms with Crippen LogP contribution in [0.3, 0.4) is 0 Å². The van der Waals surface area contributed by atoms with E-state index < -0.39 is 12.1 Å². The van der Waals surface area contributed by atoms with Crippen LogP contribution in [0.25, 0.3) is 33.5 Å². The van der Waals surface area contributed by atoms with Gasteiger partial charge in [0, 0.05) is 11.8 Å². The number of H-pyrrole nitrogens is 1. The number of nitrogen functional groups attached to an aromatic ring is 1. The lowest BCUT2D eigenvalue weighted by Crippen LogP contribution is -2.21. The fourth-order valence-electron chi connectivity index (χ4n) is 2.88. The molecule has 0 bridgehead atoms. The lowest BCUT2D eigenvalue weighted by Gasteiger charge is -2.07. The topological polar surface area (TPSA) is 125 Å². The van der Waals surface area contributed by atoms with Gasteiger partial charge in [-0.25, -0.2) is 14.8 Å². The number of nitrogens with one attached hydrogen (secondary N) is 1. The van der Waals surface area contributed by atoms with Gasteiger partial charge in [-0.1, -0.05) is 30.3 Å². The molecule has 2 heterocycles. The minimum absolute atomic E-state index is 0.0317. The number of rotatable bonds is 3. The van der Waals surface area contributed by atoms with Crippen LogP contribution in [0.2, 0.25) is 0 Å². The van der Waals surface area contributed by atoms with Crippen molar-refractivity contribution < 1.29 is 28.2 Å². The molecule has 0 aliphatic carbocycles. The Morgan fingerprint density at radius 1 is 1.09 bits per heavy atom. The Bertz CT molecular complexity index is 1250. The minimum Gasteiger partial charge on any atom is -0.475 e. The average Bonchev–Trinajstić information content (AvgIpc) is 3.17. The predicted molar refractivity (Wildman–Crippen MR) is 114 cm³/mol. The lowest BCUT2D eigenvalue weighted by atomic mass is 10.0. The quantitative estimate of drug-likeness (QED) is 0.373. The second-order valence-electron chi connectivity index (χ2n) is 6.92. The van der Waals surface area contributed by atoms with Crippen molar-refractivity contribution in [1.29, 1.82) is 0 Å². The number of pyridine rings is 1. The van der Waals surface area contributed by atoms with Crippen molar-refractivity contribution in [3.8, 4) is 22.5 Å². The van der Waals surface area contributed by atoms with Crippen molar-refractivity contribution in [2.75, 3.05) is 5.73 Å². The van der Waals surface area contributed by atoms with Crippen LogP contribution in [0, 0.1) is 6.92 Å². The second-order valence-corrected chi connectivity index (χ2v) is 6.92. The van der Waals surface area contributed by atoms with Gasteiger partial charge >= 0.3 is 12.1 Å². The summed E-state index contributed by atoms with van der Waals surface area (Å²) in [6, 6.07) is 15.8. The third kappa shape index (κ3) is 5.22. The molecule has 0 aliphatic heterocycles. The van der Waals surface area contributed by atoms with E-state index in [4.69, 9.17) is 15.6 Å². The number of fused-ring (bicyclic) bond motifs is 1. The van der Waals surface area contributed by atoms with Gasteiger partial charge in [-0.05, 0) is 41.8 Å². The number of aliphatic hydroxyl groups is 1. The number of hydrogen-bond donors (Lipinski definition) is 4. The summed E-state index contributed by atoms with van der Waals surface area (Å²) in [5, 5.41) is 16.3. The van der Waals surface area contributed by atoms with Crippen LogP contribution in [0.1, 0.15) is 11.1 Å². The van der Waals surface area contributed by atoms with E-state index >= 15 is 0 Å². The number of nitrogens with zero attached hydrogens (tertiary/aromatic N) is 2. The number of aryl methyl sites for hydroxylation is 1. The number of aliphatic hydroxyl groups excluding tert-OH is 1. The van der Waals surface area contributed by atoms with E-state index in [1.165, 1.54) is 5.56 Å². The van der Waals surface area contributed by atoms with Crippen molar-refractivity contribution >= 4 is 22.8 Å². The zero-order valence-corrected chi connectivity index (χ0v) is 16.8. The number of aromatic nitrogens is 3. The highest BCUT2D eigenvalue weighted by atomic mass is 19.4. The third-order valence-electron chi connectivity index (χ3n) is 4.52. The minimum atomic E-state index is -5.08. The Morgan fingerprint density at radius 3 is 2.34 bits per heavy atom. The van der Waals surface area contributed by atoms with Crippen LogP contribution in [-0.2, 0) is 11.4 Å². The van der Waals surface area contributed by atoms with E-state index in [1.807, 2.05) is 49.4 Å². The largest absolute Gasteiger partial charge is 0.490 e. The molecule has 4 aromatic rings. The number of carboxylic acid groups (broad SMARTS) is 1. The first kappa shape index (κ1) is 22.8. The molecular weight excluding hydrogens is 425 g/mol. The summed E-state index contributed by atoms with van der Waals surface area (Å²) >= 11 is 0. The molecule has 0 aliphatic rings. The first-order valence-corrected chi connectivity index (χ1v) is 9.31. The van der Waals surface area contributed by atoms with E-state index in [0.29, 0.717) is 11.6 Å². The number of alkyl halides is 3. The van der Waals surface area contributed by atoms with Crippen LogP contribution in [0.5, 0.6) is 0 Å². The first-order chi connectivity index (χ1) is 15.1. The normalized spacial score (nSPS) is 11.2. The molecule has 166 valence electrons. The van der Waals surface area contributed by atoms with E-state index in [-0.39, 0.29) is 6.61 Å². The lowest BCUT2D eigenvalue weighted by molar-refractivity contribution is -0.192. The predicted octanol–water partition coefficient (Wildman–Crippen LogP) is 4.31. The van der Waals surface area contributed by atoms with Gasteiger partial charge in [0.2, 0.25) is 0 Å². The maximum Gasteiger partial charge on any atom is 0.490 e. The number of carboxylic acids is 1. The van der Waals surface area contributed by atoms with Gasteiger partial charge in [0.15, 0.2) is 0 Å². The standard InChI is InChI=1S/C20H18N4O.C2HF3O2/c1-12-2-7-17-18(8-12)24-20(23-17)16-9-15(10-22-19(16)21)14-5-3-13(11-25)4-6-14;3-2(4,5)1(6)7/h2-10,25H,11H2,1H3,(H2,21,22)(H,23,24);(H,6,7). The fourth-order valence-corrected chi connectivity index (χ4v) is 2.88. The third-order valence-corrected chi connectivity index (χ3v) is 4.52.